The lowest BCUT2D eigenvalue weighted by Gasteiger charge is -2.13. The maximum absolute atomic E-state index is 12.2. The van der Waals surface area contributed by atoms with Crippen LogP contribution in [0.5, 0.6) is 0 Å². The maximum atomic E-state index is 12.2. The highest BCUT2D eigenvalue weighted by Crippen LogP contribution is 2.04. The molecule has 0 aromatic carbocycles. The predicted octanol–water partition coefficient (Wildman–Crippen LogP) is 2.69. The number of hydrogen-bond acceptors (Lipinski definition) is 6. The monoisotopic (exact) mass is 356 g/mol. The van der Waals surface area contributed by atoms with Crippen molar-refractivity contribution in [3.63, 3.8) is 0 Å². The summed E-state index contributed by atoms with van der Waals surface area (Å²) in [5.74, 6) is 0. The van der Waals surface area contributed by atoms with Gasteiger partial charge in [-0.3, -0.25) is 14.8 Å². The quantitative estimate of drug-likeness (QED) is 0.500. The molecule has 0 bridgehead atoms. The Bertz CT molecular complexity index is 808. The summed E-state index contributed by atoms with van der Waals surface area (Å²) in [5, 5.41) is 7.60. The van der Waals surface area contributed by atoms with Gasteiger partial charge in [0.05, 0.1) is 22.8 Å². The number of nitrogens with zero attached hydrogens (tertiary/aromatic N) is 5. The summed E-state index contributed by atoms with van der Waals surface area (Å²) < 4.78 is 0. The van der Waals surface area contributed by atoms with Gasteiger partial charge in [-0.1, -0.05) is 24.8 Å². The number of aromatic nitrogens is 2. The minimum Gasteiger partial charge on any atom is -0.259 e. The predicted molar refractivity (Wildman–Crippen MR) is 97.6 cm³/mol. The Labute approximate surface area is 150 Å². The zero-order chi connectivity index (χ0) is 18.2. The van der Waals surface area contributed by atoms with E-state index in [0.29, 0.717) is 27.8 Å². The first-order chi connectivity index (χ1) is 12.0. The minimum atomic E-state index is -0.849. The van der Waals surface area contributed by atoms with Gasteiger partial charge in [0.1, 0.15) is 0 Å². The summed E-state index contributed by atoms with van der Waals surface area (Å²) in [5.41, 5.74) is 4.24. The lowest BCUT2D eigenvalue weighted by molar-refractivity contribution is 0.201. The maximum Gasteiger partial charge on any atom is 0.366 e. The van der Waals surface area contributed by atoms with E-state index >= 15 is 0 Å². The van der Waals surface area contributed by atoms with Gasteiger partial charge in [0, 0.05) is 12.4 Å². The standard InChI is InChI=1S/C16H16N6O2S/c1-11(13-7-3-5-9-17-13)19-20-15(23)22(16(24)25)21-12(2)14-8-4-6-10-18-14/h3-10H,1-2H3,(H,20,23)(H,24,25). The van der Waals surface area contributed by atoms with Crippen molar-refractivity contribution in [2.45, 2.75) is 13.8 Å². The molecule has 128 valence electrons. The summed E-state index contributed by atoms with van der Waals surface area (Å²) >= 11 is 3.67. The van der Waals surface area contributed by atoms with E-state index in [-0.39, 0.29) is 0 Å². The molecule has 2 aromatic rings. The van der Waals surface area contributed by atoms with E-state index < -0.39 is 11.3 Å². The number of carbonyl (C=O) groups excluding carboxylic acids is 2. The Balaban J connectivity index is 2.15. The number of hydrazone groups is 2. The van der Waals surface area contributed by atoms with E-state index in [2.05, 4.69) is 38.2 Å². The van der Waals surface area contributed by atoms with Crippen molar-refractivity contribution in [2.75, 3.05) is 0 Å². The number of thiol groups is 1. The van der Waals surface area contributed by atoms with Crippen LogP contribution < -0.4 is 5.43 Å². The minimum absolute atomic E-state index is 0.378. The molecular formula is C16H16N6O2S. The van der Waals surface area contributed by atoms with Gasteiger partial charge in [-0.05, 0) is 38.1 Å². The molecule has 2 aromatic heterocycles. The van der Waals surface area contributed by atoms with Crippen LogP contribution in [-0.4, -0.2) is 37.7 Å². The zero-order valence-corrected chi connectivity index (χ0v) is 14.5. The third-order valence-electron chi connectivity index (χ3n) is 3.01. The number of rotatable bonds is 4. The second-order valence-corrected chi connectivity index (χ2v) is 5.21. The highest BCUT2D eigenvalue weighted by molar-refractivity contribution is 7.96. The van der Waals surface area contributed by atoms with Crippen LogP contribution in [0.1, 0.15) is 25.2 Å². The summed E-state index contributed by atoms with van der Waals surface area (Å²) in [6.45, 7) is 3.31. The second-order valence-electron chi connectivity index (χ2n) is 4.82. The molecule has 0 fully saturated rings. The fourth-order valence-electron chi connectivity index (χ4n) is 1.77. The average molecular weight is 356 g/mol. The number of urea groups is 1. The first kappa shape index (κ1) is 18.3. The fraction of sp³-hybridized carbons (Fsp3) is 0.125. The van der Waals surface area contributed by atoms with Gasteiger partial charge in [0.15, 0.2) is 0 Å². The van der Waals surface area contributed by atoms with E-state index in [1.807, 2.05) is 0 Å². The van der Waals surface area contributed by atoms with Crippen molar-refractivity contribution in [3.8, 4) is 0 Å². The number of carbonyl (C=O) groups is 2. The van der Waals surface area contributed by atoms with Crippen LogP contribution in [0.15, 0.2) is 59.0 Å². The van der Waals surface area contributed by atoms with Gasteiger partial charge >= 0.3 is 11.3 Å². The summed E-state index contributed by atoms with van der Waals surface area (Å²) in [6.07, 6.45) is 3.20. The highest BCUT2D eigenvalue weighted by atomic mass is 32.1. The third kappa shape index (κ3) is 5.21. The van der Waals surface area contributed by atoms with E-state index in [4.69, 9.17) is 0 Å². The van der Waals surface area contributed by atoms with Gasteiger partial charge in [-0.15, -0.1) is 5.01 Å². The van der Waals surface area contributed by atoms with Crippen molar-refractivity contribution >= 4 is 35.3 Å². The van der Waals surface area contributed by atoms with Crippen LogP contribution >= 0.6 is 12.6 Å². The normalized spacial score (nSPS) is 11.8. The fourth-order valence-corrected chi connectivity index (χ4v) is 1.90. The Morgan fingerprint density at radius 3 is 2.04 bits per heavy atom. The molecule has 0 spiro atoms. The molecule has 0 atom stereocenters. The molecule has 0 aliphatic heterocycles. The smallest absolute Gasteiger partial charge is 0.259 e. The Morgan fingerprint density at radius 1 is 1.00 bits per heavy atom. The molecule has 2 rings (SSSR count). The van der Waals surface area contributed by atoms with Crippen molar-refractivity contribution in [1.29, 1.82) is 0 Å². The van der Waals surface area contributed by atoms with Gasteiger partial charge in [-0.25, -0.2) is 10.2 Å². The molecular weight excluding hydrogens is 340 g/mol. The van der Waals surface area contributed by atoms with E-state index in [0.717, 1.165) is 0 Å². The number of imide groups is 1. The molecule has 0 aliphatic rings. The molecule has 1 N–H and O–H groups in total. The van der Waals surface area contributed by atoms with Crippen LogP contribution in [-0.2, 0) is 0 Å². The molecule has 3 amide bonds. The molecule has 0 saturated heterocycles. The van der Waals surface area contributed by atoms with Crippen molar-refractivity contribution in [3.05, 3.63) is 60.2 Å². The number of nitrogens with one attached hydrogen (secondary N) is 1. The average Bonchev–Trinajstić information content (AvgIpc) is 2.64. The van der Waals surface area contributed by atoms with Crippen molar-refractivity contribution in [2.24, 2.45) is 10.2 Å². The summed E-state index contributed by atoms with van der Waals surface area (Å²) in [4.78, 5) is 32.0. The summed E-state index contributed by atoms with van der Waals surface area (Å²) in [7, 11) is 0. The third-order valence-corrected chi connectivity index (χ3v) is 3.20. The van der Waals surface area contributed by atoms with Crippen molar-refractivity contribution < 1.29 is 9.59 Å². The number of hydrogen-bond donors (Lipinski definition) is 2. The number of amides is 3. The van der Waals surface area contributed by atoms with Gasteiger partial charge in [0.25, 0.3) is 0 Å². The van der Waals surface area contributed by atoms with Crippen LogP contribution in [0.2, 0.25) is 0 Å². The molecule has 0 aliphatic carbocycles. The van der Waals surface area contributed by atoms with Gasteiger partial charge in [-0.2, -0.15) is 10.2 Å². The molecule has 8 nitrogen and oxygen atoms in total. The summed E-state index contributed by atoms with van der Waals surface area (Å²) in [6, 6.07) is 9.70. The largest absolute Gasteiger partial charge is 0.366 e. The van der Waals surface area contributed by atoms with Gasteiger partial charge in [0.2, 0.25) is 0 Å². The first-order valence-electron chi connectivity index (χ1n) is 7.24. The molecule has 9 heteroatoms. The Hall–Kier alpha value is -3.07. The molecule has 2 heterocycles. The Kier molecular flexibility index (Phi) is 6.35. The molecule has 25 heavy (non-hydrogen) atoms. The van der Waals surface area contributed by atoms with E-state index in [1.165, 1.54) is 0 Å². The van der Waals surface area contributed by atoms with Crippen LogP contribution in [0, 0.1) is 0 Å². The van der Waals surface area contributed by atoms with E-state index in [1.54, 1.807) is 62.6 Å². The van der Waals surface area contributed by atoms with Crippen LogP contribution in [0.3, 0.4) is 0 Å². The van der Waals surface area contributed by atoms with Gasteiger partial charge < -0.3 is 0 Å². The Morgan fingerprint density at radius 2 is 1.56 bits per heavy atom. The SMILES string of the molecule is CC(=NNC(=O)N(N=C(C)c1ccccn1)C(=O)S)c1ccccn1. The lowest BCUT2D eigenvalue weighted by atomic mass is 10.3. The van der Waals surface area contributed by atoms with Crippen molar-refractivity contribution in [1.82, 2.24) is 20.4 Å². The first-order valence-corrected chi connectivity index (χ1v) is 7.69. The molecule has 0 unspecified atom stereocenters. The second kappa shape index (κ2) is 8.69. The van der Waals surface area contributed by atoms with Crippen LogP contribution in [0.25, 0.3) is 0 Å². The molecule has 0 radical (unpaired) electrons. The number of pyridine rings is 2. The lowest BCUT2D eigenvalue weighted by Crippen LogP contribution is -2.36. The van der Waals surface area contributed by atoms with E-state index in [9.17, 15) is 9.59 Å². The zero-order valence-electron chi connectivity index (χ0n) is 13.6. The van der Waals surface area contributed by atoms with Crippen LogP contribution in [0.4, 0.5) is 9.59 Å². The molecule has 0 saturated carbocycles. The topological polar surface area (TPSA) is 99.9 Å². The highest BCUT2D eigenvalue weighted by Gasteiger charge is 2.19.